The lowest BCUT2D eigenvalue weighted by atomic mass is 10.0. The van der Waals surface area contributed by atoms with E-state index in [1.54, 1.807) is 0 Å². The maximum absolute atomic E-state index is 12.7. The van der Waals surface area contributed by atoms with Crippen LogP contribution in [0, 0.1) is 0 Å². The van der Waals surface area contributed by atoms with Crippen molar-refractivity contribution in [3.05, 3.63) is 85.1 Å². The van der Waals surface area contributed by atoms with Crippen LogP contribution in [0.5, 0.6) is 0 Å². The van der Waals surface area contributed by atoms with E-state index in [9.17, 15) is 19.4 Å². The topological polar surface area (TPSA) is 105 Å². The SMILES string of the molecule is CC/C=C\C/C=C\C/C=C\C/C=C\C/C=C\C/C=C\C/C=C\CCCCCCCCCCCCCC(=O)NC(COP(=O)(O)OCC[N+](C)(C)C)C(O)CCCCC. The number of carbonyl (C=O) groups is 1. The van der Waals surface area contributed by atoms with Gasteiger partial charge in [0.1, 0.15) is 13.2 Å². The molecular formula is C49H88N2O6P+. The number of phosphoric acid groups is 1. The van der Waals surface area contributed by atoms with Crippen molar-refractivity contribution >= 4 is 13.7 Å². The highest BCUT2D eigenvalue weighted by molar-refractivity contribution is 7.47. The number of likely N-dealkylation sites (N-methyl/N-ethyl adjacent to an activating group) is 1. The van der Waals surface area contributed by atoms with Gasteiger partial charge in [0, 0.05) is 6.42 Å². The lowest BCUT2D eigenvalue weighted by Gasteiger charge is -2.26. The standard InChI is InChI=1S/C49H87N2O6P/c1-6-8-10-11-12-13-14-15-16-17-18-19-20-21-22-23-24-25-26-27-28-29-30-31-32-33-34-35-36-37-38-39-41-43-49(53)50-47(48(52)42-40-9-7-2)46-57-58(54,55)56-45-44-51(3,4)5/h8,10,12-13,15-16,18-19,21-22,24-25,27-28,47-48,52H,6-7,9,11,14,17,20,23,26,29-46H2,1-5H3,(H-,50,53,54,55)/p+1/b10-8-,13-12-,16-15-,19-18-,22-21-,25-24-,28-27-. The number of aliphatic hydroxyl groups is 1. The lowest BCUT2D eigenvalue weighted by molar-refractivity contribution is -0.870. The van der Waals surface area contributed by atoms with Crippen LogP contribution in [0.2, 0.25) is 0 Å². The molecule has 0 saturated carbocycles. The van der Waals surface area contributed by atoms with Crippen molar-refractivity contribution < 1.29 is 32.9 Å². The summed E-state index contributed by atoms with van der Waals surface area (Å²) >= 11 is 0. The van der Waals surface area contributed by atoms with Crippen molar-refractivity contribution in [1.82, 2.24) is 5.32 Å². The highest BCUT2D eigenvalue weighted by atomic mass is 31.2. The number of quaternary nitrogens is 1. The van der Waals surface area contributed by atoms with Gasteiger partial charge in [-0.3, -0.25) is 13.8 Å². The Morgan fingerprint density at radius 1 is 0.603 bits per heavy atom. The van der Waals surface area contributed by atoms with Crippen molar-refractivity contribution in [2.75, 3.05) is 40.9 Å². The summed E-state index contributed by atoms with van der Waals surface area (Å²) in [6.07, 6.45) is 55.7. The van der Waals surface area contributed by atoms with Crippen molar-refractivity contribution in [1.29, 1.82) is 0 Å². The van der Waals surface area contributed by atoms with Crippen LogP contribution in [0.4, 0.5) is 0 Å². The smallest absolute Gasteiger partial charge is 0.391 e. The summed E-state index contributed by atoms with van der Waals surface area (Å²) in [6, 6.07) is -0.762. The van der Waals surface area contributed by atoms with Gasteiger partial charge in [-0.1, -0.05) is 176 Å². The van der Waals surface area contributed by atoms with Gasteiger partial charge in [0.2, 0.25) is 5.91 Å². The quantitative estimate of drug-likeness (QED) is 0.0246. The third-order valence-electron chi connectivity index (χ3n) is 9.66. The van der Waals surface area contributed by atoms with Gasteiger partial charge < -0.3 is 19.8 Å². The second kappa shape index (κ2) is 40.1. The Bertz CT molecular complexity index is 1220. The molecule has 0 fully saturated rings. The van der Waals surface area contributed by atoms with E-state index in [1.165, 1.54) is 57.8 Å². The maximum atomic E-state index is 12.7. The number of aliphatic hydroxyl groups excluding tert-OH is 1. The predicted octanol–water partition coefficient (Wildman–Crippen LogP) is 13.0. The van der Waals surface area contributed by atoms with Crippen LogP contribution < -0.4 is 5.32 Å². The summed E-state index contributed by atoms with van der Waals surface area (Å²) < 4.78 is 23.3. The van der Waals surface area contributed by atoms with Gasteiger partial charge in [0.15, 0.2) is 0 Å². The monoisotopic (exact) mass is 832 g/mol. The number of hydrogen-bond acceptors (Lipinski definition) is 5. The molecule has 8 nitrogen and oxygen atoms in total. The average molecular weight is 832 g/mol. The second-order valence-corrected chi connectivity index (χ2v) is 17.9. The fourth-order valence-corrected chi connectivity index (χ4v) is 6.76. The molecule has 1 amide bonds. The highest BCUT2D eigenvalue weighted by Crippen LogP contribution is 2.43. The summed E-state index contributed by atoms with van der Waals surface area (Å²) in [7, 11) is 1.59. The molecule has 0 spiro atoms. The van der Waals surface area contributed by atoms with Crippen LogP contribution >= 0.6 is 7.82 Å². The molecule has 0 heterocycles. The molecule has 3 unspecified atom stereocenters. The van der Waals surface area contributed by atoms with Crippen molar-refractivity contribution in [2.45, 2.75) is 180 Å². The van der Waals surface area contributed by atoms with Crippen LogP contribution in [0.3, 0.4) is 0 Å². The zero-order chi connectivity index (χ0) is 42.8. The van der Waals surface area contributed by atoms with Crippen LogP contribution in [-0.4, -0.2) is 73.4 Å². The number of nitrogens with zero attached hydrogens (tertiary/aromatic N) is 1. The predicted molar refractivity (Wildman–Crippen MR) is 249 cm³/mol. The molecule has 0 aromatic carbocycles. The maximum Gasteiger partial charge on any atom is 0.472 e. The number of allylic oxidation sites excluding steroid dienone is 14. The Morgan fingerprint density at radius 2 is 1.03 bits per heavy atom. The molecule has 0 bridgehead atoms. The van der Waals surface area contributed by atoms with Crippen molar-refractivity contribution in [3.63, 3.8) is 0 Å². The van der Waals surface area contributed by atoms with Crippen molar-refractivity contribution in [2.24, 2.45) is 0 Å². The zero-order valence-electron chi connectivity index (χ0n) is 37.8. The molecular weight excluding hydrogens is 744 g/mol. The van der Waals surface area contributed by atoms with E-state index in [0.717, 1.165) is 83.5 Å². The molecule has 9 heteroatoms. The van der Waals surface area contributed by atoms with Gasteiger partial charge in [-0.2, -0.15) is 0 Å². The molecule has 58 heavy (non-hydrogen) atoms. The largest absolute Gasteiger partial charge is 0.472 e. The number of hydrogen-bond donors (Lipinski definition) is 3. The van der Waals surface area contributed by atoms with Gasteiger partial charge in [-0.25, -0.2) is 4.57 Å². The number of rotatable bonds is 40. The molecule has 0 aliphatic rings. The Hall–Kier alpha value is -2.32. The number of carbonyl (C=O) groups excluding carboxylic acids is 1. The Morgan fingerprint density at radius 3 is 1.48 bits per heavy atom. The molecule has 0 radical (unpaired) electrons. The van der Waals surface area contributed by atoms with E-state index in [2.05, 4.69) is 104 Å². The summed E-state index contributed by atoms with van der Waals surface area (Å²) in [6.45, 7) is 4.58. The fraction of sp³-hybridized carbons (Fsp3) is 0.694. The number of phosphoric ester groups is 1. The molecule has 334 valence electrons. The van der Waals surface area contributed by atoms with E-state index >= 15 is 0 Å². The molecule has 3 atom stereocenters. The van der Waals surface area contributed by atoms with Crippen molar-refractivity contribution in [3.8, 4) is 0 Å². The van der Waals surface area contributed by atoms with E-state index in [1.807, 2.05) is 21.1 Å². The normalized spacial score (nSPS) is 15.1. The first kappa shape index (κ1) is 55.7. The van der Waals surface area contributed by atoms with Crippen LogP contribution in [0.15, 0.2) is 85.1 Å². The number of unbranched alkanes of at least 4 members (excludes halogenated alkanes) is 13. The summed E-state index contributed by atoms with van der Waals surface area (Å²) in [5.74, 6) is -0.165. The minimum Gasteiger partial charge on any atom is -0.391 e. The van der Waals surface area contributed by atoms with Gasteiger partial charge in [-0.05, 0) is 70.6 Å². The van der Waals surface area contributed by atoms with E-state index in [-0.39, 0.29) is 19.1 Å². The minimum absolute atomic E-state index is 0.0686. The first-order valence-electron chi connectivity index (χ1n) is 23.0. The van der Waals surface area contributed by atoms with Gasteiger partial charge in [0.05, 0.1) is 39.9 Å². The van der Waals surface area contributed by atoms with E-state index < -0.39 is 20.0 Å². The highest BCUT2D eigenvalue weighted by Gasteiger charge is 2.28. The third kappa shape index (κ3) is 41.8. The van der Waals surface area contributed by atoms with Gasteiger partial charge >= 0.3 is 7.82 Å². The molecule has 0 aliphatic heterocycles. The molecule has 0 aliphatic carbocycles. The summed E-state index contributed by atoms with van der Waals surface area (Å²) in [5.41, 5.74) is 0. The fourth-order valence-electron chi connectivity index (χ4n) is 6.02. The molecule has 0 aromatic heterocycles. The van der Waals surface area contributed by atoms with Gasteiger partial charge in [-0.15, -0.1) is 0 Å². The van der Waals surface area contributed by atoms with E-state index in [4.69, 9.17) is 9.05 Å². The summed E-state index contributed by atoms with van der Waals surface area (Å²) in [5, 5.41) is 13.6. The first-order valence-corrected chi connectivity index (χ1v) is 24.4. The molecule has 0 rings (SSSR count). The van der Waals surface area contributed by atoms with E-state index in [0.29, 0.717) is 23.9 Å². The number of amides is 1. The Kier molecular flexibility index (Phi) is 38.5. The Balaban J connectivity index is 3.87. The minimum atomic E-state index is -4.29. The first-order chi connectivity index (χ1) is 28.0. The molecule has 0 saturated heterocycles. The lowest BCUT2D eigenvalue weighted by Crippen LogP contribution is -2.46. The molecule has 3 N–H and O–H groups in total. The van der Waals surface area contributed by atoms with Gasteiger partial charge in [0.25, 0.3) is 0 Å². The zero-order valence-corrected chi connectivity index (χ0v) is 38.6. The van der Waals surface area contributed by atoms with Crippen LogP contribution in [0.1, 0.15) is 168 Å². The number of nitrogens with one attached hydrogen (secondary N) is 1. The summed E-state index contributed by atoms with van der Waals surface area (Å²) in [4.78, 5) is 22.8. The average Bonchev–Trinajstić information content (AvgIpc) is 3.17. The van der Waals surface area contributed by atoms with Crippen LogP contribution in [0.25, 0.3) is 0 Å². The molecule has 0 aromatic rings. The van der Waals surface area contributed by atoms with Crippen LogP contribution in [-0.2, 0) is 18.4 Å². The third-order valence-corrected chi connectivity index (χ3v) is 10.6. The second-order valence-electron chi connectivity index (χ2n) is 16.4. The Labute approximate surface area is 356 Å².